The molecule has 0 amide bonds. The molecular weight excluding hydrogens is 227 g/mol. The molecule has 102 valence electrons. The summed E-state index contributed by atoms with van der Waals surface area (Å²) in [4.78, 5) is 0. The van der Waals surface area contributed by atoms with Gasteiger partial charge in [-0.15, -0.1) is 0 Å². The molecule has 0 fully saturated rings. The molecule has 2 atom stereocenters. The molecular formula is C16H25FO. The molecule has 0 heterocycles. The first-order chi connectivity index (χ1) is 8.51. The van der Waals surface area contributed by atoms with E-state index in [4.69, 9.17) is 0 Å². The van der Waals surface area contributed by atoms with Gasteiger partial charge in [-0.25, -0.2) is 4.39 Å². The Bertz CT molecular complexity index is 349. The summed E-state index contributed by atoms with van der Waals surface area (Å²) in [5.41, 5.74) is 0.978. The van der Waals surface area contributed by atoms with E-state index in [0.29, 0.717) is 11.8 Å². The van der Waals surface area contributed by atoms with Gasteiger partial charge in [0.2, 0.25) is 0 Å². The maximum absolute atomic E-state index is 13.1. The van der Waals surface area contributed by atoms with Gasteiger partial charge in [0, 0.05) is 6.61 Å². The van der Waals surface area contributed by atoms with Crippen LogP contribution in [0.1, 0.15) is 39.2 Å². The van der Waals surface area contributed by atoms with Crippen LogP contribution >= 0.6 is 0 Å². The van der Waals surface area contributed by atoms with Gasteiger partial charge in [0.05, 0.1) is 0 Å². The third-order valence-corrected chi connectivity index (χ3v) is 3.28. The number of halogens is 1. The van der Waals surface area contributed by atoms with Crippen molar-refractivity contribution in [3.8, 4) is 0 Å². The van der Waals surface area contributed by atoms with Gasteiger partial charge in [-0.1, -0.05) is 32.9 Å². The molecule has 2 heteroatoms. The molecule has 0 aliphatic carbocycles. The number of benzene rings is 1. The number of aliphatic hydroxyl groups is 1. The highest BCUT2D eigenvalue weighted by Gasteiger charge is 2.14. The van der Waals surface area contributed by atoms with Crippen molar-refractivity contribution in [2.24, 2.45) is 17.8 Å². The number of hydrogen-bond donors (Lipinski definition) is 1. The first-order valence-corrected chi connectivity index (χ1v) is 6.86. The molecule has 1 aromatic rings. The van der Waals surface area contributed by atoms with Crippen LogP contribution in [0.25, 0.3) is 0 Å². The van der Waals surface area contributed by atoms with Crippen molar-refractivity contribution in [3.63, 3.8) is 0 Å². The van der Waals surface area contributed by atoms with E-state index < -0.39 is 0 Å². The fraction of sp³-hybridized carbons (Fsp3) is 0.625. The zero-order valence-electron chi connectivity index (χ0n) is 11.7. The van der Waals surface area contributed by atoms with Crippen molar-refractivity contribution in [1.29, 1.82) is 0 Å². The molecule has 0 bridgehead atoms. The van der Waals surface area contributed by atoms with E-state index in [1.54, 1.807) is 12.1 Å². The summed E-state index contributed by atoms with van der Waals surface area (Å²) in [6.07, 6.45) is 2.95. The van der Waals surface area contributed by atoms with Gasteiger partial charge in [-0.2, -0.15) is 0 Å². The molecule has 1 nitrogen and oxygen atoms in total. The molecule has 0 aliphatic heterocycles. The summed E-state index contributed by atoms with van der Waals surface area (Å²) >= 11 is 0. The minimum Gasteiger partial charge on any atom is -0.396 e. The molecule has 0 saturated carbocycles. The second kappa shape index (κ2) is 7.52. The zero-order valence-corrected chi connectivity index (χ0v) is 11.7. The monoisotopic (exact) mass is 252 g/mol. The summed E-state index contributed by atoms with van der Waals surface area (Å²) < 4.78 is 13.1. The Balaban J connectivity index is 2.51. The van der Waals surface area contributed by atoms with E-state index in [9.17, 15) is 9.50 Å². The van der Waals surface area contributed by atoms with E-state index in [0.717, 1.165) is 18.4 Å². The Labute approximate surface area is 110 Å². The van der Waals surface area contributed by atoms with E-state index in [-0.39, 0.29) is 18.3 Å². The van der Waals surface area contributed by atoms with Crippen molar-refractivity contribution in [1.82, 2.24) is 0 Å². The Kier molecular flexibility index (Phi) is 6.34. The van der Waals surface area contributed by atoms with Crippen LogP contribution in [0, 0.1) is 23.6 Å². The summed E-state index contributed by atoms with van der Waals surface area (Å²) in [6.45, 7) is 6.85. The molecule has 1 N–H and O–H groups in total. The maximum Gasteiger partial charge on any atom is 0.123 e. The lowest BCUT2D eigenvalue weighted by molar-refractivity contribution is 0.196. The van der Waals surface area contributed by atoms with Gasteiger partial charge in [0.15, 0.2) is 0 Å². The van der Waals surface area contributed by atoms with Crippen molar-refractivity contribution in [3.05, 3.63) is 35.6 Å². The largest absolute Gasteiger partial charge is 0.396 e. The third-order valence-electron chi connectivity index (χ3n) is 3.28. The topological polar surface area (TPSA) is 20.2 Å². The highest BCUT2D eigenvalue weighted by Crippen LogP contribution is 2.22. The molecule has 1 rings (SSSR count). The van der Waals surface area contributed by atoms with Gasteiger partial charge in [0.1, 0.15) is 5.82 Å². The van der Waals surface area contributed by atoms with Gasteiger partial charge in [-0.3, -0.25) is 0 Å². The zero-order chi connectivity index (χ0) is 13.5. The lowest BCUT2D eigenvalue weighted by atomic mass is 9.86. The second-order valence-electron chi connectivity index (χ2n) is 5.85. The van der Waals surface area contributed by atoms with E-state index in [2.05, 4.69) is 20.8 Å². The predicted molar refractivity (Wildman–Crippen MR) is 73.9 cm³/mol. The van der Waals surface area contributed by atoms with Crippen molar-refractivity contribution >= 4 is 0 Å². The van der Waals surface area contributed by atoms with E-state index in [1.165, 1.54) is 12.5 Å². The molecule has 0 saturated heterocycles. The van der Waals surface area contributed by atoms with E-state index >= 15 is 0 Å². The quantitative estimate of drug-likeness (QED) is 0.776. The second-order valence-corrected chi connectivity index (χ2v) is 5.85. The summed E-state index contributed by atoms with van der Waals surface area (Å²) in [6, 6.07) is 6.68. The average molecular weight is 252 g/mol. The Morgan fingerprint density at radius 2 is 1.89 bits per heavy atom. The molecule has 0 spiro atoms. The maximum atomic E-state index is 13.1. The van der Waals surface area contributed by atoms with Gasteiger partial charge in [-0.05, 0) is 54.7 Å². The van der Waals surface area contributed by atoms with Gasteiger partial charge < -0.3 is 5.11 Å². The Morgan fingerprint density at radius 1 is 1.17 bits per heavy atom. The first-order valence-electron chi connectivity index (χ1n) is 6.86. The smallest absolute Gasteiger partial charge is 0.123 e. The molecule has 2 unspecified atom stereocenters. The summed E-state index contributed by atoms with van der Waals surface area (Å²) in [5, 5.41) is 9.45. The molecule has 0 aliphatic rings. The van der Waals surface area contributed by atoms with Crippen LogP contribution in [-0.2, 0) is 6.42 Å². The van der Waals surface area contributed by atoms with Gasteiger partial charge >= 0.3 is 0 Å². The fourth-order valence-corrected chi connectivity index (χ4v) is 2.69. The van der Waals surface area contributed by atoms with Crippen LogP contribution in [0.5, 0.6) is 0 Å². The Morgan fingerprint density at radius 3 is 2.44 bits per heavy atom. The highest BCUT2D eigenvalue weighted by atomic mass is 19.1. The van der Waals surface area contributed by atoms with Crippen LogP contribution in [0.2, 0.25) is 0 Å². The summed E-state index contributed by atoms with van der Waals surface area (Å²) in [5.74, 6) is 1.34. The predicted octanol–water partition coefficient (Wildman–Crippen LogP) is 4.05. The van der Waals surface area contributed by atoms with Crippen LogP contribution in [0.15, 0.2) is 24.3 Å². The lowest BCUT2D eigenvalue weighted by Gasteiger charge is -2.20. The molecule has 0 aromatic heterocycles. The normalized spacial score (nSPS) is 14.8. The standard InChI is InChI=1S/C16H25FO/c1-12(2)7-13(3)8-15(11-18)9-14-5-4-6-16(17)10-14/h4-6,10,12-13,15,18H,7-9,11H2,1-3H3. The summed E-state index contributed by atoms with van der Waals surface area (Å²) in [7, 11) is 0. The molecule has 18 heavy (non-hydrogen) atoms. The SMILES string of the molecule is CC(C)CC(C)CC(CO)Cc1cccc(F)c1. The fourth-order valence-electron chi connectivity index (χ4n) is 2.69. The van der Waals surface area contributed by atoms with Crippen molar-refractivity contribution in [2.45, 2.75) is 40.0 Å². The van der Waals surface area contributed by atoms with Crippen LogP contribution in [0.3, 0.4) is 0 Å². The van der Waals surface area contributed by atoms with Crippen LogP contribution < -0.4 is 0 Å². The minimum absolute atomic E-state index is 0.180. The highest BCUT2D eigenvalue weighted by molar-refractivity contribution is 5.16. The van der Waals surface area contributed by atoms with Crippen LogP contribution in [-0.4, -0.2) is 11.7 Å². The number of hydrogen-bond acceptors (Lipinski definition) is 1. The number of aliphatic hydroxyl groups excluding tert-OH is 1. The van der Waals surface area contributed by atoms with Gasteiger partial charge in [0.25, 0.3) is 0 Å². The molecule has 0 radical (unpaired) electrons. The lowest BCUT2D eigenvalue weighted by Crippen LogP contribution is -2.15. The third kappa shape index (κ3) is 5.63. The number of rotatable bonds is 7. The molecule has 1 aromatic carbocycles. The van der Waals surface area contributed by atoms with Crippen LogP contribution in [0.4, 0.5) is 4.39 Å². The first kappa shape index (κ1) is 15.2. The minimum atomic E-state index is -0.195. The van der Waals surface area contributed by atoms with Crippen molar-refractivity contribution < 1.29 is 9.50 Å². The van der Waals surface area contributed by atoms with E-state index in [1.807, 2.05) is 6.07 Å². The van der Waals surface area contributed by atoms with Crippen molar-refractivity contribution in [2.75, 3.05) is 6.61 Å². The average Bonchev–Trinajstić information content (AvgIpc) is 2.27. The Hall–Kier alpha value is -0.890.